The van der Waals surface area contributed by atoms with Gasteiger partial charge in [0.25, 0.3) is 5.91 Å². The zero-order chi connectivity index (χ0) is 18.8. The van der Waals surface area contributed by atoms with Crippen molar-refractivity contribution in [2.45, 2.75) is 6.92 Å². The fourth-order valence-electron chi connectivity index (χ4n) is 3.34. The van der Waals surface area contributed by atoms with E-state index in [1.54, 1.807) is 24.3 Å². The molecule has 2 aliphatic rings. The standard InChI is InChI=1S/C21H21N3O2S/c1-15-6-2-4-8-17(15)23-10-12-24(13-11-23)21-22-20(26)19(27-21)14-16-7-3-5-9-18(16)25/h2-9,14,25H,10-13H2,1H3/b19-14-. The second-order valence-electron chi connectivity index (χ2n) is 6.63. The first-order valence-electron chi connectivity index (χ1n) is 8.98. The Labute approximate surface area is 163 Å². The van der Waals surface area contributed by atoms with E-state index in [0.717, 1.165) is 31.3 Å². The molecule has 1 N–H and O–H groups in total. The fraction of sp³-hybridized carbons (Fsp3) is 0.238. The predicted octanol–water partition coefficient (Wildman–Crippen LogP) is 3.49. The van der Waals surface area contributed by atoms with Crippen molar-refractivity contribution in [2.24, 2.45) is 4.99 Å². The number of aryl methyl sites for hydroxylation is 1. The summed E-state index contributed by atoms with van der Waals surface area (Å²) in [6.45, 7) is 5.59. The van der Waals surface area contributed by atoms with Crippen LogP contribution in [0.1, 0.15) is 11.1 Å². The van der Waals surface area contributed by atoms with Crippen LogP contribution in [0.3, 0.4) is 0 Å². The molecule has 0 atom stereocenters. The van der Waals surface area contributed by atoms with Gasteiger partial charge in [-0.15, -0.1) is 0 Å². The first-order valence-corrected chi connectivity index (χ1v) is 9.79. The summed E-state index contributed by atoms with van der Waals surface area (Å²) in [7, 11) is 0. The van der Waals surface area contributed by atoms with Gasteiger partial charge in [0.1, 0.15) is 5.75 Å². The molecule has 2 aliphatic heterocycles. The molecule has 0 aromatic heterocycles. The molecule has 0 radical (unpaired) electrons. The summed E-state index contributed by atoms with van der Waals surface area (Å²) in [6, 6.07) is 15.4. The molecule has 6 heteroatoms. The number of carbonyl (C=O) groups excluding carboxylic acids is 1. The number of rotatable bonds is 2. The zero-order valence-corrected chi connectivity index (χ0v) is 15.9. The summed E-state index contributed by atoms with van der Waals surface area (Å²) >= 11 is 1.39. The Kier molecular flexibility index (Phi) is 4.90. The number of hydrogen-bond acceptors (Lipinski definition) is 5. The van der Waals surface area contributed by atoms with Crippen LogP contribution in [-0.4, -0.2) is 47.3 Å². The molecule has 0 aliphatic carbocycles. The van der Waals surface area contributed by atoms with Gasteiger partial charge in [-0.2, -0.15) is 4.99 Å². The normalized spacial score (nSPS) is 18.9. The van der Waals surface area contributed by atoms with Crippen LogP contribution in [0.4, 0.5) is 5.69 Å². The highest BCUT2D eigenvalue weighted by Crippen LogP contribution is 2.32. The van der Waals surface area contributed by atoms with Gasteiger partial charge in [-0.3, -0.25) is 4.79 Å². The van der Waals surface area contributed by atoms with E-state index in [1.807, 2.05) is 6.07 Å². The molecule has 4 rings (SSSR count). The summed E-state index contributed by atoms with van der Waals surface area (Å²) in [5, 5.41) is 10.7. The Morgan fingerprint density at radius 2 is 1.67 bits per heavy atom. The van der Waals surface area contributed by atoms with Crippen molar-refractivity contribution in [2.75, 3.05) is 31.1 Å². The van der Waals surface area contributed by atoms with Crippen molar-refractivity contribution < 1.29 is 9.90 Å². The summed E-state index contributed by atoms with van der Waals surface area (Å²) in [5.41, 5.74) is 3.19. The third-order valence-corrected chi connectivity index (χ3v) is 5.88. The number of phenolic OH excluding ortho intramolecular Hbond substituents is 1. The molecular formula is C21H21N3O2S. The smallest absolute Gasteiger partial charge is 0.286 e. The summed E-state index contributed by atoms with van der Waals surface area (Å²) in [4.78, 5) is 21.6. The topological polar surface area (TPSA) is 56.1 Å². The summed E-state index contributed by atoms with van der Waals surface area (Å²) < 4.78 is 0. The SMILES string of the molecule is Cc1ccccc1N1CCN(C2=NC(=O)/C(=C/c3ccccc3O)S2)CC1. The number of carbonyl (C=O) groups is 1. The number of piperazine rings is 1. The molecule has 0 bridgehead atoms. The Morgan fingerprint density at radius 3 is 2.41 bits per heavy atom. The van der Waals surface area contributed by atoms with E-state index in [2.05, 4.69) is 46.0 Å². The monoisotopic (exact) mass is 379 g/mol. The number of phenols is 1. The molecule has 2 aromatic carbocycles. The Balaban J connectivity index is 1.43. The summed E-state index contributed by atoms with van der Waals surface area (Å²) in [6.07, 6.45) is 1.71. The Bertz CT molecular complexity index is 931. The highest BCUT2D eigenvalue weighted by Gasteiger charge is 2.28. The number of amidine groups is 1. The quantitative estimate of drug-likeness (QED) is 0.810. The number of hydrogen-bond donors (Lipinski definition) is 1. The van der Waals surface area contributed by atoms with Gasteiger partial charge in [0, 0.05) is 37.4 Å². The van der Waals surface area contributed by atoms with E-state index >= 15 is 0 Å². The minimum absolute atomic E-state index is 0.165. The van der Waals surface area contributed by atoms with Gasteiger partial charge < -0.3 is 14.9 Å². The van der Waals surface area contributed by atoms with E-state index in [1.165, 1.54) is 23.0 Å². The van der Waals surface area contributed by atoms with Gasteiger partial charge >= 0.3 is 0 Å². The van der Waals surface area contributed by atoms with Crippen LogP contribution >= 0.6 is 11.8 Å². The van der Waals surface area contributed by atoms with Crippen LogP contribution in [0.5, 0.6) is 5.75 Å². The number of aliphatic imine (C=N–C) groups is 1. The lowest BCUT2D eigenvalue weighted by atomic mass is 10.1. The van der Waals surface area contributed by atoms with Gasteiger partial charge in [0.15, 0.2) is 5.17 Å². The molecule has 138 valence electrons. The predicted molar refractivity (Wildman–Crippen MR) is 111 cm³/mol. The Morgan fingerprint density at radius 1 is 1.00 bits per heavy atom. The number of amides is 1. The number of anilines is 1. The second kappa shape index (κ2) is 7.48. The van der Waals surface area contributed by atoms with E-state index in [-0.39, 0.29) is 11.7 Å². The van der Waals surface area contributed by atoms with Crippen molar-refractivity contribution in [3.05, 3.63) is 64.6 Å². The van der Waals surface area contributed by atoms with Crippen LogP contribution in [0.25, 0.3) is 6.08 Å². The number of thioether (sulfide) groups is 1. The molecule has 1 saturated heterocycles. The van der Waals surface area contributed by atoms with Crippen LogP contribution in [0.2, 0.25) is 0 Å². The van der Waals surface area contributed by atoms with Crippen LogP contribution < -0.4 is 4.90 Å². The number of benzene rings is 2. The van der Waals surface area contributed by atoms with Crippen molar-refractivity contribution in [1.82, 2.24) is 4.90 Å². The van der Waals surface area contributed by atoms with Gasteiger partial charge in [0.2, 0.25) is 0 Å². The third kappa shape index (κ3) is 3.71. The number of nitrogens with zero attached hydrogens (tertiary/aromatic N) is 3. The van der Waals surface area contributed by atoms with E-state index in [4.69, 9.17) is 0 Å². The zero-order valence-electron chi connectivity index (χ0n) is 15.1. The van der Waals surface area contributed by atoms with E-state index in [0.29, 0.717) is 10.5 Å². The maximum atomic E-state index is 12.3. The first-order chi connectivity index (χ1) is 13.1. The molecule has 0 unspecified atom stereocenters. The van der Waals surface area contributed by atoms with Crippen LogP contribution in [-0.2, 0) is 4.79 Å². The maximum absolute atomic E-state index is 12.3. The fourth-order valence-corrected chi connectivity index (χ4v) is 4.30. The summed E-state index contributed by atoms with van der Waals surface area (Å²) in [5.74, 6) is -0.0710. The molecule has 0 saturated carbocycles. The van der Waals surface area contributed by atoms with E-state index < -0.39 is 0 Å². The lowest BCUT2D eigenvalue weighted by molar-refractivity contribution is -0.113. The van der Waals surface area contributed by atoms with Gasteiger partial charge in [-0.25, -0.2) is 0 Å². The average molecular weight is 379 g/mol. The second-order valence-corrected chi connectivity index (χ2v) is 7.64. The van der Waals surface area contributed by atoms with Crippen molar-refractivity contribution in [1.29, 1.82) is 0 Å². The third-order valence-electron chi connectivity index (χ3n) is 4.84. The van der Waals surface area contributed by atoms with Gasteiger partial charge in [-0.1, -0.05) is 36.4 Å². The minimum atomic E-state index is -0.236. The number of aromatic hydroxyl groups is 1. The van der Waals surface area contributed by atoms with Crippen LogP contribution in [0, 0.1) is 6.92 Å². The highest BCUT2D eigenvalue weighted by molar-refractivity contribution is 8.18. The van der Waals surface area contributed by atoms with Gasteiger partial charge in [0.05, 0.1) is 4.91 Å². The molecule has 1 amide bonds. The van der Waals surface area contributed by atoms with Crippen molar-refractivity contribution in [3.63, 3.8) is 0 Å². The average Bonchev–Trinajstić information content (AvgIpc) is 3.05. The first kappa shape index (κ1) is 17.7. The largest absolute Gasteiger partial charge is 0.507 e. The lowest BCUT2D eigenvalue weighted by Crippen LogP contribution is -2.48. The van der Waals surface area contributed by atoms with Crippen molar-refractivity contribution in [3.8, 4) is 5.75 Å². The van der Waals surface area contributed by atoms with Gasteiger partial charge in [-0.05, 0) is 42.5 Å². The number of para-hydroxylation sites is 2. The highest BCUT2D eigenvalue weighted by atomic mass is 32.2. The van der Waals surface area contributed by atoms with Crippen molar-refractivity contribution >= 4 is 34.6 Å². The lowest BCUT2D eigenvalue weighted by Gasteiger charge is -2.37. The Hall–Kier alpha value is -2.73. The molecule has 2 aromatic rings. The minimum Gasteiger partial charge on any atom is -0.507 e. The van der Waals surface area contributed by atoms with E-state index in [9.17, 15) is 9.90 Å². The molecule has 2 heterocycles. The van der Waals surface area contributed by atoms with Crippen LogP contribution in [0.15, 0.2) is 58.4 Å². The molecule has 5 nitrogen and oxygen atoms in total. The molecular weight excluding hydrogens is 358 g/mol. The molecule has 0 spiro atoms. The maximum Gasteiger partial charge on any atom is 0.286 e. The molecule has 1 fully saturated rings. The molecule has 27 heavy (non-hydrogen) atoms.